The highest BCUT2D eigenvalue weighted by atomic mass is 16.5. The Morgan fingerprint density at radius 2 is 2.29 bits per heavy atom. The van der Waals surface area contributed by atoms with Gasteiger partial charge in [-0.15, -0.1) is 0 Å². The molecule has 0 saturated carbocycles. The molecule has 0 aromatic carbocycles. The van der Waals surface area contributed by atoms with Crippen molar-refractivity contribution in [1.82, 2.24) is 9.47 Å². The molecular formula is C16H20N2O3. The van der Waals surface area contributed by atoms with Crippen LogP contribution in [0.1, 0.15) is 30.8 Å². The second-order valence-corrected chi connectivity index (χ2v) is 5.30. The maximum absolute atomic E-state index is 11.8. The Morgan fingerprint density at radius 3 is 3.00 bits per heavy atom. The lowest BCUT2D eigenvalue weighted by molar-refractivity contribution is 0.132. The van der Waals surface area contributed by atoms with Crippen LogP contribution in [0.5, 0.6) is 5.75 Å². The molecule has 0 fully saturated rings. The minimum atomic E-state index is -0.132. The lowest BCUT2D eigenvalue weighted by atomic mass is 10.1. The summed E-state index contributed by atoms with van der Waals surface area (Å²) >= 11 is 0. The van der Waals surface area contributed by atoms with Gasteiger partial charge in [0.1, 0.15) is 12.0 Å². The van der Waals surface area contributed by atoms with E-state index in [4.69, 9.17) is 9.15 Å². The molecule has 5 heteroatoms. The van der Waals surface area contributed by atoms with Gasteiger partial charge in [-0.3, -0.25) is 9.69 Å². The minimum absolute atomic E-state index is 0.132. The largest absolute Gasteiger partial charge is 0.490 e. The van der Waals surface area contributed by atoms with E-state index in [9.17, 15) is 4.79 Å². The van der Waals surface area contributed by atoms with Gasteiger partial charge in [0.15, 0.2) is 0 Å². The summed E-state index contributed by atoms with van der Waals surface area (Å²) in [7, 11) is 1.47. The van der Waals surface area contributed by atoms with E-state index in [1.165, 1.54) is 25.1 Å². The number of methoxy groups -OCH3 is 1. The average Bonchev–Trinajstić information content (AvgIpc) is 2.96. The number of aromatic nitrogens is 1. The van der Waals surface area contributed by atoms with Crippen LogP contribution in [0.3, 0.4) is 0 Å². The quantitative estimate of drug-likeness (QED) is 0.867. The fourth-order valence-electron chi connectivity index (χ4n) is 3.04. The zero-order valence-electron chi connectivity index (χ0n) is 12.4. The van der Waals surface area contributed by atoms with Crippen LogP contribution in [-0.4, -0.2) is 23.1 Å². The number of fused-ring (bicyclic) bond motifs is 1. The smallest absolute Gasteiger partial charge is 0.227 e. The molecule has 21 heavy (non-hydrogen) atoms. The van der Waals surface area contributed by atoms with Gasteiger partial charge < -0.3 is 13.7 Å². The minimum Gasteiger partial charge on any atom is -0.490 e. The molecule has 2 aromatic rings. The predicted octanol–water partition coefficient (Wildman–Crippen LogP) is 2.42. The Kier molecular flexibility index (Phi) is 3.84. The molecule has 1 atom stereocenters. The van der Waals surface area contributed by atoms with E-state index >= 15 is 0 Å². The van der Waals surface area contributed by atoms with Gasteiger partial charge in [0.05, 0.1) is 19.7 Å². The van der Waals surface area contributed by atoms with E-state index < -0.39 is 0 Å². The highest BCUT2D eigenvalue weighted by Gasteiger charge is 2.26. The second kappa shape index (κ2) is 5.77. The van der Waals surface area contributed by atoms with Crippen molar-refractivity contribution in [3.63, 3.8) is 0 Å². The molecule has 5 nitrogen and oxygen atoms in total. The lowest BCUT2D eigenvalue weighted by Gasteiger charge is -2.36. The molecule has 0 N–H and O–H groups in total. The molecule has 0 amide bonds. The lowest BCUT2D eigenvalue weighted by Crippen LogP contribution is -2.37. The van der Waals surface area contributed by atoms with Crippen molar-refractivity contribution in [2.24, 2.45) is 0 Å². The van der Waals surface area contributed by atoms with E-state index in [0.29, 0.717) is 18.3 Å². The van der Waals surface area contributed by atoms with Crippen LogP contribution < -0.4 is 10.2 Å². The first-order valence-corrected chi connectivity index (χ1v) is 7.27. The number of rotatable bonds is 4. The summed E-state index contributed by atoms with van der Waals surface area (Å²) < 4.78 is 12.8. The third-order valence-corrected chi connectivity index (χ3v) is 4.09. The number of hydrogen-bond acceptors (Lipinski definition) is 4. The highest BCUT2D eigenvalue weighted by Crippen LogP contribution is 2.29. The molecule has 0 radical (unpaired) electrons. The fourth-order valence-corrected chi connectivity index (χ4v) is 3.04. The summed E-state index contributed by atoms with van der Waals surface area (Å²) in [5.41, 5.74) is 1.20. The Balaban J connectivity index is 1.82. The number of ether oxygens (including phenoxy) is 1. The molecule has 0 spiro atoms. The van der Waals surface area contributed by atoms with Crippen molar-refractivity contribution < 1.29 is 9.15 Å². The van der Waals surface area contributed by atoms with Crippen molar-refractivity contribution in [3.05, 3.63) is 52.3 Å². The normalized spacial score (nSPS) is 18.5. The molecule has 0 unspecified atom stereocenters. The molecule has 1 aliphatic heterocycles. The van der Waals surface area contributed by atoms with Crippen LogP contribution in [0.15, 0.2) is 39.9 Å². The van der Waals surface area contributed by atoms with E-state index in [0.717, 1.165) is 19.5 Å². The summed E-state index contributed by atoms with van der Waals surface area (Å²) in [5, 5.41) is 0. The van der Waals surface area contributed by atoms with Crippen LogP contribution >= 0.6 is 0 Å². The van der Waals surface area contributed by atoms with Crippen LogP contribution in [0.25, 0.3) is 0 Å². The Morgan fingerprint density at radius 1 is 1.43 bits per heavy atom. The van der Waals surface area contributed by atoms with Gasteiger partial charge in [0.2, 0.25) is 11.2 Å². The van der Waals surface area contributed by atoms with Gasteiger partial charge in [-0.25, -0.2) is 0 Å². The predicted molar refractivity (Wildman–Crippen MR) is 79.4 cm³/mol. The molecule has 3 rings (SSSR count). The zero-order chi connectivity index (χ0) is 14.8. The molecule has 1 aliphatic rings. The number of hydrogen-bond donors (Lipinski definition) is 0. The highest BCUT2D eigenvalue weighted by molar-refractivity contribution is 5.18. The third kappa shape index (κ3) is 2.61. The van der Waals surface area contributed by atoms with Crippen molar-refractivity contribution >= 4 is 0 Å². The van der Waals surface area contributed by atoms with E-state index in [1.54, 1.807) is 0 Å². The van der Waals surface area contributed by atoms with Crippen LogP contribution in [0.2, 0.25) is 0 Å². The molecule has 0 saturated heterocycles. The van der Waals surface area contributed by atoms with Gasteiger partial charge in [-0.2, -0.15) is 0 Å². The van der Waals surface area contributed by atoms with Gasteiger partial charge in [-0.1, -0.05) is 6.92 Å². The molecule has 0 bridgehead atoms. The standard InChI is InChI=1S/C16H20N2O3/c1-3-13-14-5-4-6-17(14)7-8-18(13)10-12-9-15(19)16(20-2)11-21-12/h4-6,9,11,13H,3,7-8,10H2,1-2H3/t13-/m1/s1. The second-order valence-electron chi connectivity index (χ2n) is 5.30. The van der Waals surface area contributed by atoms with E-state index in [2.05, 4.69) is 34.7 Å². The van der Waals surface area contributed by atoms with E-state index in [1.807, 2.05) is 0 Å². The zero-order valence-corrected chi connectivity index (χ0v) is 12.4. The first-order chi connectivity index (χ1) is 10.2. The maximum Gasteiger partial charge on any atom is 0.227 e. The summed E-state index contributed by atoms with van der Waals surface area (Å²) in [6.45, 7) is 4.75. The van der Waals surface area contributed by atoms with Crippen LogP contribution in [0, 0.1) is 0 Å². The van der Waals surface area contributed by atoms with E-state index in [-0.39, 0.29) is 11.2 Å². The summed E-state index contributed by atoms with van der Waals surface area (Å²) in [4.78, 5) is 14.2. The first kappa shape index (κ1) is 13.9. The van der Waals surface area contributed by atoms with Crippen molar-refractivity contribution in [2.45, 2.75) is 32.5 Å². The molecule has 112 valence electrons. The van der Waals surface area contributed by atoms with Crippen molar-refractivity contribution in [3.8, 4) is 5.75 Å². The van der Waals surface area contributed by atoms with Crippen molar-refractivity contribution in [2.75, 3.05) is 13.7 Å². The Bertz CT molecular complexity index is 674. The topological polar surface area (TPSA) is 47.6 Å². The molecular weight excluding hydrogens is 268 g/mol. The summed E-state index contributed by atoms with van der Waals surface area (Å²) in [6.07, 6.45) is 4.55. The molecule has 0 aliphatic carbocycles. The Labute approximate surface area is 123 Å². The van der Waals surface area contributed by atoms with Gasteiger partial charge in [-0.05, 0) is 18.6 Å². The monoisotopic (exact) mass is 288 g/mol. The Hall–Kier alpha value is -2.01. The average molecular weight is 288 g/mol. The van der Waals surface area contributed by atoms with Crippen LogP contribution in [0.4, 0.5) is 0 Å². The SMILES string of the molecule is CC[C@@H]1c2cccn2CCN1Cc1cc(=O)c(OC)co1. The van der Waals surface area contributed by atoms with Gasteiger partial charge >= 0.3 is 0 Å². The van der Waals surface area contributed by atoms with Crippen molar-refractivity contribution in [1.29, 1.82) is 0 Å². The maximum atomic E-state index is 11.8. The van der Waals surface area contributed by atoms with Gasteiger partial charge in [0, 0.05) is 31.0 Å². The van der Waals surface area contributed by atoms with Gasteiger partial charge in [0.25, 0.3) is 0 Å². The number of nitrogens with zero attached hydrogens (tertiary/aromatic N) is 2. The molecule has 2 aromatic heterocycles. The summed E-state index contributed by atoms with van der Waals surface area (Å²) in [6, 6.07) is 6.15. The fraction of sp³-hybridized carbons (Fsp3) is 0.438. The summed E-state index contributed by atoms with van der Waals surface area (Å²) in [5.74, 6) is 0.928. The van der Waals surface area contributed by atoms with Crippen LogP contribution in [-0.2, 0) is 13.1 Å². The molecule has 3 heterocycles. The first-order valence-electron chi connectivity index (χ1n) is 7.27. The third-order valence-electron chi connectivity index (χ3n) is 4.09.